The maximum absolute atomic E-state index is 12.6. The number of urea groups is 1. The number of benzene rings is 1. The Bertz CT molecular complexity index is 529. The largest absolute Gasteiger partial charge is 0.478 e. The van der Waals surface area contributed by atoms with Gasteiger partial charge in [0, 0.05) is 19.8 Å². The van der Waals surface area contributed by atoms with Gasteiger partial charge < -0.3 is 10.4 Å². The third-order valence-corrected chi connectivity index (χ3v) is 2.09. The molecular formula is C11H12F3N3O3. The van der Waals surface area contributed by atoms with Crippen LogP contribution in [0.3, 0.4) is 0 Å². The van der Waals surface area contributed by atoms with Gasteiger partial charge >= 0.3 is 18.2 Å². The standard InChI is InChI=1S/C11H12F3N3O3/c1-17(2)16-10(20)15-8-4-6(9(18)19)3-7(5-8)11(12,13)14/h3-5H,1-2H3,(H,18,19)(H2,15,16,20). The van der Waals surface area contributed by atoms with E-state index < -0.39 is 29.3 Å². The van der Waals surface area contributed by atoms with Crippen LogP contribution >= 0.6 is 0 Å². The molecular weight excluding hydrogens is 279 g/mol. The number of hydrazine groups is 1. The van der Waals surface area contributed by atoms with E-state index in [9.17, 15) is 22.8 Å². The topological polar surface area (TPSA) is 81.7 Å². The maximum atomic E-state index is 12.6. The predicted octanol–water partition coefficient (Wildman–Crippen LogP) is 2.00. The molecule has 0 unspecified atom stereocenters. The Balaban J connectivity index is 3.10. The molecule has 1 aromatic rings. The molecule has 9 heteroatoms. The molecule has 0 spiro atoms. The fourth-order valence-electron chi connectivity index (χ4n) is 1.35. The molecule has 0 aromatic heterocycles. The van der Waals surface area contributed by atoms with Crippen molar-refractivity contribution in [2.75, 3.05) is 19.4 Å². The lowest BCUT2D eigenvalue weighted by atomic mass is 10.1. The minimum absolute atomic E-state index is 0.267. The lowest BCUT2D eigenvalue weighted by Crippen LogP contribution is -2.39. The van der Waals surface area contributed by atoms with Gasteiger partial charge in [0.05, 0.1) is 11.1 Å². The van der Waals surface area contributed by atoms with Crippen LogP contribution in [0.25, 0.3) is 0 Å². The highest BCUT2D eigenvalue weighted by molar-refractivity contribution is 5.93. The van der Waals surface area contributed by atoms with Crippen molar-refractivity contribution in [1.82, 2.24) is 10.4 Å². The number of alkyl halides is 3. The molecule has 0 aliphatic carbocycles. The lowest BCUT2D eigenvalue weighted by Gasteiger charge is -2.14. The first-order valence-electron chi connectivity index (χ1n) is 5.30. The molecule has 0 atom stereocenters. The number of hydrogen-bond donors (Lipinski definition) is 3. The summed E-state index contributed by atoms with van der Waals surface area (Å²) in [4.78, 5) is 22.2. The number of carboxylic acid groups (broad SMARTS) is 1. The van der Waals surface area contributed by atoms with Gasteiger partial charge in [0.2, 0.25) is 0 Å². The molecule has 110 valence electrons. The fourth-order valence-corrected chi connectivity index (χ4v) is 1.35. The highest BCUT2D eigenvalue weighted by Gasteiger charge is 2.32. The van der Waals surface area contributed by atoms with E-state index in [1.165, 1.54) is 19.1 Å². The van der Waals surface area contributed by atoms with Crippen LogP contribution in [0.4, 0.5) is 23.7 Å². The Morgan fingerprint density at radius 1 is 1.20 bits per heavy atom. The molecule has 0 fully saturated rings. The highest BCUT2D eigenvalue weighted by Crippen LogP contribution is 2.32. The van der Waals surface area contributed by atoms with Gasteiger partial charge in [-0.1, -0.05) is 0 Å². The van der Waals surface area contributed by atoms with Crippen LogP contribution in [-0.2, 0) is 6.18 Å². The first kappa shape index (κ1) is 15.8. The molecule has 0 heterocycles. The molecule has 1 aromatic carbocycles. The Labute approximate surface area is 112 Å². The van der Waals surface area contributed by atoms with E-state index in [0.717, 1.165) is 6.07 Å². The van der Waals surface area contributed by atoms with Gasteiger partial charge in [0.25, 0.3) is 0 Å². The predicted molar refractivity (Wildman–Crippen MR) is 64.2 cm³/mol. The molecule has 2 amide bonds. The molecule has 6 nitrogen and oxygen atoms in total. The summed E-state index contributed by atoms with van der Waals surface area (Å²) in [7, 11) is 3.02. The van der Waals surface area contributed by atoms with Gasteiger partial charge in [-0.3, -0.25) is 5.43 Å². The minimum Gasteiger partial charge on any atom is -0.478 e. The zero-order chi connectivity index (χ0) is 15.5. The van der Waals surface area contributed by atoms with E-state index in [4.69, 9.17) is 5.11 Å². The van der Waals surface area contributed by atoms with Crippen LogP contribution in [0.5, 0.6) is 0 Å². The number of nitrogens with zero attached hydrogens (tertiary/aromatic N) is 1. The number of carbonyl (C=O) groups is 2. The van der Waals surface area contributed by atoms with Gasteiger partial charge in [-0.15, -0.1) is 0 Å². The average molecular weight is 291 g/mol. The van der Waals surface area contributed by atoms with Crippen molar-refractivity contribution in [3.8, 4) is 0 Å². The number of carboxylic acids is 1. The summed E-state index contributed by atoms with van der Waals surface area (Å²) >= 11 is 0. The SMILES string of the molecule is CN(C)NC(=O)Nc1cc(C(=O)O)cc(C(F)(F)F)c1. The van der Waals surface area contributed by atoms with Gasteiger partial charge in [-0.2, -0.15) is 13.2 Å². The van der Waals surface area contributed by atoms with Crippen LogP contribution in [0.15, 0.2) is 18.2 Å². The van der Waals surface area contributed by atoms with Crippen LogP contribution in [-0.4, -0.2) is 36.2 Å². The van der Waals surface area contributed by atoms with Gasteiger partial charge in [0.15, 0.2) is 0 Å². The molecule has 0 saturated carbocycles. The van der Waals surface area contributed by atoms with Crippen molar-refractivity contribution in [2.45, 2.75) is 6.18 Å². The average Bonchev–Trinajstić information content (AvgIpc) is 2.25. The second kappa shape index (κ2) is 5.78. The molecule has 0 aliphatic heterocycles. The molecule has 0 aliphatic rings. The second-order valence-corrected chi connectivity index (χ2v) is 4.06. The van der Waals surface area contributed by atoms with E-state index in [1.54, 1.807) is 0 Å². The molecule has 0 saturated heterocycles. The fraction of sp³-hybridized carbons (Fsp3) is 0.273. The van der Waals surface area contributed by atoms with Crippen molar-refractivity contribution in [3.63, 3.8) is 0 Å². The number of amides is 2. The monoisotopic (exact) mass is 291 g/mol. The van der Waals surface area contributed by atoms with Gasteiger partial charge in [-0.25, -0.2) is 14.6 Å². The van der Waals surface area contributed by atoms with Crippen molar-refractivity contribution in [1.29, 1.82) is 0 Å². The summed E-state index contributed by atoms with van der Waals surface area (Å²) in [6, 6.07) is 1.30. The van der Waals surface area contributed by atoms with Gasteiger partial charge in [0.1, 0.15) is 0 Å². The lowest BCUT2D eigenvalue weighted by molar-refractivity contribution is -0.137. The number of carbonyl (C=O) groups excluding carboxylic acids is 1. The number of rotatable bonds is 3. The number of hydrogen-bond acceptors (Lipinski definition) is 3. The van der Waals surface area contributed by atoms with E-state index in [0.29, 0.717) is 12.1 Å². The Morgan fingerprint density at radius 2 is 1.80 bits per heavy atom. The summed E-state index contributed by atoms with van der Waals surface area (Å²) in [5.74, 6) is -1.52. The smallest absolute Gasteiger partial charge is 0.416 e. The van der Waals surface area contributed by atoms with Crippen molar-refractivity contribution < 1.29 is 27.9 Å². The minimum atomic E-state index is -4.71. The normalized spacial score (nSPS) is 11.3. The molecule has 0 bridgehead atoms. The van der Waals surface area contributed by atoms with Crippen LogP contribution < -0.4 is 10.7 Å². The summed E-state index contributed by atoms with van der Waals surface area (Å²) in [5, 5.41) is 12.2. The van der Waals surface area contributed by atoms with Crippen molar-refractivity contribution in [2.24, 2.45) is 0 Å². The summed E-state index contributed by atoms with van der Waals surface area (Å²) in [6.07, 6.45) is -4.71. The number of aromatic carboxylic acids is 1. The molecule has 1 rings (SSSR count). The summed E-state index contributed by atoms with van der Waals surface area (Å²) in [6.45, 7) is 0. The first-order chi connectivity index (χ1) is 9.09. The molecule has 3 N–H and O–H groups in total. The maximum Gasteiger partial charge on any atom is 0.416 e. The number of nitrogens with one attached hydrogen (secondary N) is 2. The van der Waals surface area contributed by atoms with Crippen molar-refractivity contribution in [3.05, 3.63) is 29.3 Å². The third kappa shape index (κ3) is 4.43. The third-order valence-electron chi connectivity index (χ3n) is 2.09. The highest BCUT2D eigenvalue weighted by atomic mass is 19.4. The zero-order valence-electron chi connectivity index (χ0n) is 10.6. The summed E-state index contributed by atoms with van der Waals surface area (Å²) in [5.41, 5.74) is 0.261. The number of anilines is 1. The summed E-state index contributed by atoms with van der Waals surface area (Å²) < 4.78 is 37.9. The Kier molecular flexibility index (Phi) is 4.56. The van der Waals surface area contributed by atoms with Crippen LogP contribution in [0.2, 0.25) is 0 Å². The van der Waals surface area contributed by atoms with Crippen LogP contribution in [0.1, 0.15) is 15.9 Å². The quantitative estimate of drug-likeness (QED) is 0.744. The van der Waals surface area contributed by atoms with Gasteiger partial charge in [-0.05, 0) is 18.2 Å². The van der Waals surface area contributed by atoms with Crippen LogP contribution in [0, 0.1) is 0 Å². The molecule has 0 radical (unpaired) electrons. The van der Waals surface area contributed by atoms with E-state index >= 15 is 0 Å². The second-order valence-electron chi connectivity index (χ2n) is 4.06. The Morgan fingerprint density at radius 3 is 2.25 bits per heavy atom. The van der Waals surface area contributed by atoms with E-state index in [1.807, 2.05) is 0 Å². The van der Waals surface area contributed by atoms with E-state index in [-0.39, 0.29) is 5.69 Å². The van der Waals surface area contributed by atoms with Crippen molar-refractivity contribution >= 4 is 17.7 Å². The Hall–Kier alpha value is -2.29. The first-order valence-corrected chi connectivity index (χ1v) is 5.30. The zero-order valence-corrected chi connectivity index (χ0v) is 10.6. The number of halogens is 3. The molecule has 20 heavy (non-hydrogen) atoms. The van der Waals surface area contributed by atoms with E-state index in [2.05, 4.69) is 10.7 Å².